The van der Waals surface area contributed by atoms with E-state index in [9.17, 15) is 14.7 Å². The second-order valence-electron chi connectivity index (χ2n) is 6.79. The summed E-state index contributed by atoms with van der Waals surface area (Å²) in [5.74, 6) is -1.27. The second kappa shape index (κ2) is 7.97. The number of aliphatic carboxylic acids is 1. The molecule has 1 aliphatic rings. The molecule has 0 radical (unpaired) electrons. The number of ether oxygens (including phenoxy) is 1. The van der Waals surface area contributed by atoms with E-state index in [1.54, 1.807) is 24.3 Å². The van der Waals surface area contributed by atoms with E-state index in [-0.39, 0.29) is 12.5 Å². The Hall–Kier alpha value is -3.31. The number of carbonyl (C=O) groups excluding carboxylic acids is 1. The van der Waals surface area contributed by atoms with Crippen molar-refractivity contribution in [2.45, 2.75) is 12.0 Å². The average Bonchev–Trinajstić information content (AvgIpc) is 3.05. The summed E-state index contributed by atoms with van der Waals surface area (Å²) in [6.45, 7) is 0.118. The number of benzene rings is 3. The predicted molar refractivity (Wildman–Crippen MR) is 110 cm³/mol. The minimum Gasteiger partial charge on any atom is -0.479 e. The van der Waals surface area contributed by atoms with Gasteiger partial charge >= 0.3 is 12.1 Å². The van der Waals surface area contributed by atoms with Gasteiger partial charge in [0.15, 0.2) is 6.04 Å². The SMILES string of the molecule is O=C(N[C@@H](C(=O)O)c1ccc(Cl)cc1)OCC1c2ccccc2-c2ccccc21. The lowest BCUT2D eigenvalue weighted by atomic mass is 9.98. The van der Waals surface area contributed by atoms with Gasteiger partial charge in [0.2, 0.25) is 0 Å². The third-order valence-electron chi connectivity index (χ3n) is 5.06. The van der Waals surface area contributed by atoms with Crippen molar-refractivity contribution in [3.63, 3.8) is 0 Å². The molecule has 3 aromatic rings. The molecular formula is C23H18ClNO4. The van der Waals surface area contributed by atoms with Crippen molar-refractivity contribution in [1.82, 2.24) is 5.32 Å². The molecule has 0 bridgehead atoms. The Morgan fingerprint density at radius 2 is 1.48 bits per heavy atom. The molecule has 2 N–H and O–H groups in total. The van der Waals surface area contributed by atoms with Gasteiger partial charge in [-0.2, -0.15) is 0 Å². The van der Waals surface area contributed by atoms with Gasteiger partial charge in [-0.15, -0.1) is 0 Å². The minimum atomic E-state index is -1.22. The summed E-state index contributed by atoms with van der Waals surface area (Å²) in [5, 5.41) is 12.4. The number of fused-ring (bicyclic) bond motifs is 3. The molecule has 0 unspecified atom stereocenters. The molecule has 0 fully saturated rings. The summed E-state index contributed by atoms with van der Waals surface area (Å²) >= 11 is 5.85. The van der Waals surface area contributed by atoms with E-state index in [1.807, 2.05) is 36.4 Å². The molecule has 5 nitrogen and oxygen atoms in total. The zero-order valence-corrected chi connectivity index (χ0v) is 16.1. The topological polar surface area (TPSA) is 75.6 Å². The van der Waals surface area contributed by atoms with Crippen molar-refractivity contribution in [1.29, 1.82) is 0 Å². The van der Waals surface area contributed by atoms with Crippen molar-refractivity contribution in [2.24, 2.45) is 0 Å². The van der Waals surface area contributed by atoms with Crippen LogP contribution in [0.3, 0.4) is 0 Å². The lowest BCUT2D eigenvalue weighted by Gasteiger charge is -2.17. The van der Waals surface area contributed by atoms with Gasteiger partial charge in [-0.05, 0) is 39.9 Å². The maximum Gasteiger partial charge on any atom is 0.408 e. The molecule has 0 saturated heterocycles. The molecule has 0 saturated carbocycles. The van der Waals surface area contributed by atoms with Gasteiger partial charge in [-0.3, -0.25) is 0 Å². The fourth-order valence-corrected chi connectivity index (χ4v) is 3.83. The van der Waals surface area contributed by atoms with Crippen LogP contribution in [0.15, 0.2) is 72.8 Å². The number of hydrogen-bond donors (Lipinski definition) is 2. The summed E-state index contributed by atoms with van der Waals surface area (Å²) in [7, 11) is 0. The molecule has 4 rings (SSSR count). The van der Waals surface area contributed by atoms with Gasteiger partial charge in [0.25, 0.3) is 0 Å². The first kappa shape index (κ1) is 19.0. The number of hydrogen-bond acceptors (Lipinski definition) is 3. The minimum absolute atomic E-state index is 0.0908. The molecule has 1 aliphatic carbocycles. The summed E-state index contributed by atoms with van der Waals surface area (Å²) in [5.41, 5.74) is 4.85. The zero-order chi connectivity index (χ0) is 20.4. The molecule has 1 amide bonds. The third-order valence-corrected chi connectivity index (χ3v) is 5.31. The number of halogens is 1. The van der Waals surface area contributed by atoms with Gasteiger partial charge < -0.3 is 15.2 Å². The maximum atomic E-state index is 12.4. The first-order valence-corrected chi connectivity index (χ1v) is 9.52. The van der Waals surface area contributed by atoms with Crippen LogP contribution in [0.5, 0.6) is 0 Å². The highest BCUT2D eigenvalue weighted by molar-refractivity contribution is 6.30. The number of carboxylic acid groups (broad SMARTS) is 1. The molecule has 0 aliphatic heterocycles. The summed E-state index contributed by atoms with van der Waals surface area (Å²) < 4.78 is 5.43. The van der Waals surface area contributed by atoms with Crippen LogP contribution in [0, 0.1) is 0 Å². The zero-order valence-electron chi connectivity index (χ0n) is 15.3. The number of carboxylic acids is 1. The number of rotatable bonds is 5. The average molecular weight is 408 g/mol. The molecule has 146 valence electrons. The van der Waals surface area contributed by atoms with Gasteiger partial charge in [0, 0.05) is 10.9 Å². The Labute approximate surface area is 172 Å². The maximum absolute atomic E-state index is 12.4. The van der Waals surface area contributed by atoms with Crippen LogP contribution in [0.4, 0.5) is 4.79 Å². The lowest BCUT2D eigenvalue weighted by molar-refractivity contribution is -0.139. The highest BCUT2D eigenvalue weighted by Gasteiger charge is 2.30. The van der Waals surface area contributed by atoms with E-state index in [2.05, 4.69) is 17.4 Å². The molecule has 29 heavy (non-hydrogen) atoms. The monoisotopic (exact) mass is 407 g/mol. The Kier molecular flexibility index (Phi) is 5.23. The van der Waals surface area contributed by atoms with Crippen LogP contribution in [0.1, 0.15) is 28.7 Å². The van der Waals surface area contributed by atoms with Crippen LogP contribution in [-0.4, -0.2) is 23.8 Å². The van der Waals surface area contributed by atoms with E-state index in [1.165, 1.54) is 0 Å². The fourth-order valence-electron chi connectivity index (χ4n) is 3.70. The molecule has 0 heterocycles. The first-order chi connectivity index (χ1) is 14.0. The van der Waals surface area contributed by atoms with Crippen LogP contribution in [0.2, 0.25) is 5.02 Å². The summed E-state index contributed by atoms with van der Waals surface area (Å²) in [6.07, 6.45) is -0.783. The van der Waals surface area contributed by atoms with Crippen LogP contribution < -0.4 is 5.32 Å². The smallest absolute Gasteiger partial charge is 0.408 e. The highest BCUT2D eigenvalue weighted by atomic mass is 35.5. The Bertz CT molecular complexity index is 1020. The molecule has 3 aromatic carbocycles. The van der Waals surface area contributed by atoms with E-state index < -0.39 is 18.1 Å². The number of carbonyl (C=O) groups is 2. The molecule has 6 heteroatoms. The fraction of sp³-hybridized carbons (Fsp3) is 0.130. The predicted octanol–water partition coefficient (Wildman–Crippen LogP) is 5.00. The number of nitrogens with one attached hydrogen (secondary N) is 1. The summed E-state index contributed by atoms with van der Waals surface area (Å²) in [6, 6.07) is 21.1. The van der Waals surface area contributed by atoms with Crippen molar-refractivity contribution < 1.29 is 19.4 Å². The molecule has 1 atom stereocenters. The summed E-state index contributed by atoms with van der Waals surface area (Å²) in [4.78, 5) is 24.0. The standard InChI is InChI=1S/C23H18ClNO4/c24-15-11-9-14(10-12-15)21(22(26)27)25-23(28)29-13-20-18-7-3-1-5-16(18)17-6-2-4-8-19(17)20/h1-12,20-21H,13H2,(H,25,28)(H,26,27)/t21-/m1/s1. The van der Waals surface area contributed by atoms with Crippen molar-refractivity contribution >= 4 is 23.7 Å². The quantitative estimate of drug-likeness (QED) is 0.623. The highest BCUT2D eigenvalue weighted by Crippen LogP contribution is 2.44. The lowest BCUT2D eigenvalue weighted by Crippen LogP contribution is -2.34. The molecule has 0 spiro atoms. The number of alkyl carbamates (subject to hydrolysis) is 1. The Balaban J connectivity index is 1.48. The largest absolute Gasteiger partial charge is 0.479 e. The van der Waals surface area contributed by atoms with Gasteiger partial charge in [0.05, 0.1) is 0 Å². The van der Waals surface area contributed by atoms with Crippen molar-refractivity contribution in [3.8, 4) is 11.1 Å². The van der Waals surface area contributed by atoms with Crippen molar-refractivity contribution in [3.05, 3.63) is 94.5 Å². The van der Waals surface area contributed by atoms with Crippen molar-refractivity contribution in [2.75, 3.05) is 6.61 Å². The van der Waals surface area contributed by atoms with E-state index >= 15 is 0 Å². The molecular weight excluding hydrogens is 390 g/mol. The van der Waals surface area contributed by atoms with E-state index in [4.69, 9.17) is 16.3 Å². The normalized spacial score (nSPS) is 13.3. The second-order valence-corrected chi connectivity index (χ2v) is 7.23. The Morgan fingerprint density at radius 1 is 0.931 bits per heavy atom. The van der Waals surface area contributed by atoms with Crippen LogP contribution in [0.25, 0.3) is 11.1 Å². The van der Waals surface area contributed by atoms with Gasteiger partial charge in [0.1, 0.15) is 6.61 Å². The first-order valence-electron chi connectivity index (χ1n) is 9.14. The molecule has 0 aromatic heterocycles. The third kappa shape index (κ3) is 3.82. The Morgan fingerprint density at radius 3 is 2.03 bits per heavy atom. The van der Waals surface area contributed by atoms with Gasteiger partial charge in [-0.1, -0.05) is 72.3 Å². The number of amides is 1. The van der Waals surface area contributed by atoms with Gasteiger partial charge in [-0.25, -0.2) is 9.59 Å². The van der Waals surface area contributed by atoms with Crippen LogP contribution >= 0.6 is 11.6 Å². The van der Waals surface area contributed by atoms with E-state index in [0.29, 0.717) is 10.6 Å². The van der Waals surface area contributed by atoms with Crippen LogP contribution in [-0.2, 0) is 9.53 Å². The van der Waals surface area contributed by atoms with E-state index in [0.717, 1.165) is 22.3 Å².